The van der Waals surface area contributed by atoms with E-state index in [1.165, 1.54) is 0 Å². The van der Waals surface area contributed by atoms with Crippen LogP contribution in [-0.4, -0.2) is 48.5 Å². The third kappa shape index (κ3) is 5.00. The predicted molar refractivity (Wildman–Crippen MR) is 76.7 cm³/mol. The van der Waals surface area contributed by atoms with E-state index in [1.54, 1.807) is 7.11 Å². The Labute approximate surface area is 114 Å². The molecule has 0 bridgehead atoms. The highest BCUT2D eigenvalue weighted by Gasteiger charge is 2.19. The summed E-state index contributed by atoms with van der Waals surface area (Å²) in [5, 5.41) is 15.7. The van der Waals surface area contributed by atoms with Gasteiger partial charge in [-0.25, -0.2) is 9.97 Å². The van der Waals surface area contributed by atoms with Crippen LogP contribution in [-0.2, 0) is 10.2 Å². The molecule has 1 unspecified atom stereocenters. The van der Waals surface area contributed by atoms with Gasteiger partial charge in [0.2, 0.25) is 0 Å². The molecule has 0 radical (unpaired) electrons. The standard InChI is InChI=1S/C13H24N4O2/c1-13(2,3)12-16-10(14-4)6-11(17-12)15-7-9(18)8-19-5/h6,9,18H,7-8H2,1-5H3,(H2,14,15,16,17). The number of methoxy groups -OCH3 is 1. The minimum Gasteiger partial charge on any atom is -0.389 e. The number of rotatable bonds is 6. The van der Waals surface area contributed by atoms with Crippen LogP contribution in [0, 0.1) is 0 Å². The van der Waals surface area contributed by atoms with Crippen molar-refractivity contribution < 1.29 is 9.84 Å². The number of anilines is 2. The van der Waals surface area contributed by atoms with Gasteiger partial charge in [-0.15, -0.1) is 0 Å². The van der Waals surface area contributed by atoms with Gasteiger partial charge in [0.05, 0.1) is 12.7 Å². The van der Waals surface area contributed by atoms with Crippen molar-refractivity contribution >= 4 is 11.6 Å². The molecule has 0 amide bonds. The van der Waals surface area contributed by atoms with Gasteiger partial charge in [-0.3, -0.25) is 0 Å². The first kappa shape index (κ1) is 15.7. The van der Waals surface area contributed by atoms with Gasteiger partial charge >= 0.3 is 0 Å². The summed E-state index contributed by atoms with van der Waals surface area (Å²) in [6.07, 6.45) is -0.559. The molecular weight excluding hydrogens is 244 g/mol. The number of hydrogen-bond donors (Lipinski definition) is 3. The molecule has 0 fully saturated rings. The monoisotopic (exact) mass is 268 g/mol. The van der Waals surface area contributed by atoms with Gasteiger partial charge in [0, 0.05) is 32.2 Å². The molecule has 108 valence electrons. The Kier molecular flexibility index (Phi) is 5.50. The Hall–Kier alpha value is -1.40. The van der Waals surface area contributed by atoms with E-state index in [0.717, 1.165) is 11.6 Å². The second-order valence-corrected chi connectivity index (χ2v) is 5.45. The van der Waals surface area contributed by atoms with Crippen LogP contribution >= 0.6 is 0 Å². The molecule has 0 saturated carbocycles. The van der Waals surface area contributed by atoms with Crippen LogP contribution < -0.4 is 10.6 Å². The maximum atomic E-state index is 9.62. The summed E-state index contributed by atoms with van der Waals surface area (Å²) in [6, 6.07) is 1.81. The number of hydrogen-bond acceptors (Lipinski definition) is 6. The zero-order valence-corrected chi connectivity index (χ0v) is 12.3. The van der Waals surface area contributed by atoms with Gasteiger partial charge in [0.1, 0.15) is 17.5 Å². The molecule has 6 heteroatoms. The summed E-state index contributed by atoms with van der Waals surface area (Å²) in [4.78, 5) is 8.91. The minimum absolute atomic E-state index is 0.131. The van der Waals surface area contributed by atoms with Crippen molar-refractivity contribution in [1.82, 2.24) is 9.97 Å². The first-order valence-electron chi connectivity index (χ1n) is 6.35. The van der Waals surface area contributed by atoms with E-state index in [-0.39, 0.29) is 5.41 Å². The first-order valence-corrected chi connectivity index (χ1v) is 6.35. The quantitative estimate of drug-likeness (QED) is 0.720. The van der Waals surface area contributed by atoms with E-state index in [1.807, 2.05) is 13.1 Å². The normalized spacial score (nSPS) is 13.2. The number of aliphatic hydroxyl groups excluding tert-OH is 1. The fourth-order valence-corrected chi connectivity index (χ4v) is 1.47. The third-order valence-electron chi connectivity index (χ3n) is 2.53. The van der Waals surface area contributed by atoms with E-state index in [0.29, 0.717) is 19.0 Å². The smallest absolute Gasteiger partial charge is 0.138 e. The van der Waals surface area contributed by atoms with Crippen molar-refractivity contribution in [2.24, 2.45) is 0 Å². The Balaban J connectivity index is 2.83. The zero-order valence-electron chi connectivity index (χ0n) is 12.3. The number of aliphatic hydroxyl groups is 1. The largest absolute Gasteiger partial charge is 0.389 e. The summed E-state index contributed by atoms with van der Waals surface area (Å²) in [5.74, 6) is 2.20. The molecule has 0 aliphatic heterocycles. The lowest BCUT2D eigenvalue weighted by molar-refractivity contribution is 0.0727. The van der Waals surface area contributed by atoms with E-state index in [9.17, 15) is 5.11 Å². The van der Waals surface area contributed by atoms with E-state index in [4.69, 9.17) is 4.74 Å². The molecule has 1 aromatic heterocycles. The van der Waals surface area contributed by atoms with Crippen LogP contribution in [0.15, 0.2) is 6.07 Å². The second kappa shape index (κ2) is 6.68. The number of ether oxygens (including phenoxy) is 1. The molecule has 0 saturated heterocycles. The Morgan fingerprint density at radius 2 is 1.95 bits per heavy atom. The van der Waals surface area contributed by atoms with Crippen molar-refractivity contribution in [1.29, 1.82) is 0 Å². The Morgan fingerprint density at radius 3 is 2.47 bits per heavy atom. The molecule has 1 atom stereocenters. The number of nitrogens with one attached hydrogen (secondary N) is 2. The van der Waals surface area contributed by atoms with Crippen molar-refractivity contribution in [2.45, 2.75) is 32.3 Å². The summed E-state index contributed by atoms with van der Waals surface area (Å²) in [7, 11) is 3.38. The van der Waals surface area contributed by atoms with Crippen LogP contribution in [0.25, 0.3) is 0 Å². The molecule has 0 aliphatic rings. The molecule has 1 rings (SSSR count). The molecule has 6 nitrogen and oxygen atoms in total. The molecule has 1 aromatic rings. The van der Waals surface area contributed by atoms with Crippen molar-refractivity contribution in [2.75, 3.05) is 37.9 Å². The highest BCUT2D eigenvalue weighted by Crippen LogP contribution is 2.22. The number of aromatic nitrogens is 2. The topological polar surface area (TPSA) is 79.3 Å². The van der Waals surface area contributed by atoms with Crippen LogP contribution in [0.3, 0.4) is 0 Å². The van der Waals surface area contributed by atoms with Crippen LogP contribution in [0.5, 0.6) is 0 Å². The Morgan fingerprint density at radius 1 is 1.32 bits per heavy atom. The van der Waals surface area contributed by atoms with Gasteiger partial charge in [-0.05, 0) is 0 Å². The van der Waals surface area contributed by atoms with Gasteiger partial charge in [-0.2, -0.15) is 0 Å². The average Bonchev–Trinajstić information content (AvgIpc) is 2.35. The van der Waals surface area contributed by atoms with E-state index < -0.39 is 6.10 Å². The molecular formula is C13H24N4O2. The molecule has 0 aromatic carbocycles. The average molecular weight is 268 g/mol. The van der Waals surface area contributed by atoms with Gasteiger partial charge in [0.25, 0.3) is 0 Å². The molecule has 19 heavy (non-hydrogen) atoms. The van der Waals surface area contributed by atoms with Gasteiger partial charge in [0.15, 0.2) is 0 Å². The minimum atomic E-state index is -0.559. The molecule has 0 aliphatic carbocycles. The van der Waals surface area contributed by atoms with Crippen LogP contribution in [0.2, 0.25) is 0 Å². The van der Waals surface area contributed by atoms with Crippen LogP contribution in [0.1, 0.15) is 26.6 Å². The lowest BCUT2D eigenvalue weighted by Crippen LogP contribution is -2.25. The number of nitrogens with zero attached hydrogens (tertiary/aromatic N) is 2. The summed E-state index contributed by atoms with van der Waals surface area (Å²) < 4.78 is 4.88. The fraction of sp³-hybridized carbons (Fsp3) is 0.692. The van der Waals surface area contributed by atoms with Crippen molar-refractivity contribution in [3.05, 3.63) is 11.9 Å². The highest BCUT2D eigenvalue weighted by molar-refractivity contribution is 5.47. The summed E-state index contributed by atoms with van der Waals surface area (Å²) in [5.41, 5.74) is -0.131. The van der Waals surface area contributed by atoms with E-state index >= 15 is 0 Å². The SMILES string of the molecule is CNc1cc(NCC(O)COC)nc(C(C)(C)C)n1. The van der Waals surface area contributed by atoms with Crippen molar-refractivity contribution in [3.63, 3.8) is 0 Å². The maximum absolute atomic E-state index is 9.62. The third-order valence-corrected chi connectivity index (χ3v) is 2.53. The lowest BCUT2D eigenvalue weighted by atomic mass is 9.96. The van der Waals surface area contributed by atoms with Gasteiger partial charge < -0.3 is 20.5 Å². The fourth-order valence-electron chi connectivity index (χ4n) is 1.47. The van der Waals surface area contributed by atoms with E-state index in [2.05, 4.69) is 41.4 Å². The Bertz CT molecular complexity index is 404. The summed E-state index contributed by atoms with van der Waals surface area (Å²) >= 11 is 0. The zero-order chi connectivity index (χ0) is 14.5. The molecule has 0 spiro atoms. The predicted octanol–water partition coefficient (Wildman–Crippen LogP) is 1.23. The highest BCUT2D eigenvalue weighted by atomic mass is 16.5. The first-order chi connectivity index (χ1) is 8.86. The van der Waals surface area contributed by atoms with Crippen molar-refractivity contribution in [3.8, 4) is 0 Å². The van der Waals surface area contributed by atoms with Crippen LogP contribution in [0.4, 0.5) is 11.6 Å². The maximum Gasteiger partial charge on any atom is 0.138 e. The second-order valence-electron chi connectivity index (χ2n) is 5.45. The molecule has 1 heterocycles. The van der Waals surface area contributed by atoms with Gasteiger partial charge in [-0.1, -0.05) is 20.8 Å². The lowest BCUT2D eigenvalue weighted by Gasteiger charge is -2.19. The summed E-state index contributed by atoms with van der Waals surface area (Å²) in [6.45, 7) is 6.86. The molecule has 3 N–H and O–H groups in total.